The Kier molecular flexibility index (Phi) is 10.3. The maximum Gasteiger partial charge on any atom is 0.191 e. The Labute approximate surface area is 164 Å². The normalized spacial score (nSPS) is 16.4. The van der Waals surface area contributed by atoms with E-state index in [2.05, 4.69) is 58.6 Å². The topological polar surface area (TPSA) is 39.7 Å². The fraction of sp³-hybridized carbons (Fsp3) is 0.632. The van der Waals surface area contributed by atoms with Crippen molar-refractivity contribution in [2.75, 3.05) is 20.1 Å². The van der Waals surface area contributed by atoms with Gasteiger partial charge in [0, 0.05) is 26.2 Å². The van der Waals surface area contributed by atoms with Crippen LogP contribution in [-0.2, 0) is 13.1 Å². The van der Waals surface area contributed by atoms with Crippen molar-refractivity contribution in [3.63, 3.8) is 0 Å². The average molecular weight is 444 g/mol. The highest BCUT2D eigenvalue weighted by Gasteiger charge is 2.09. The van der Waals surface area contributed by atoms with E-state index in [1.54, 1.807) is 0 Å². The number of hydrogen-bond acceptors (Lipinski definition) is 2. The van der Waals surface area contributed by atoms with Crippen LogP contribution in [0.2, 0.25) is 0 Å². The molecule has 1 saturated heterocycles. The van der Waals surface area contributed by atoms with Crippen LogP contribution in [-0.4, -0.2) is 37.0 Å². The van der Waals surface area contributed by atoms with Gasteiger partial charge >= 0.3 is 0 Å². The zero-order chi connectivity index (χ0) is 16.5. The number of guanidine groups is 1. The number of rotatable bonds is 5. The van der Waals surface area contributed by atoms with E-state index in [0.717, 1.165) is 19.0 Å². The smallest absolute Gasteiger partial charge is 0.191 e. The number of nitrogens with zero attached hydrogens (tertiary/aromatic N) is 2. The summed E-state index contributed by atoms with van der Waals surface area (Å²) in [4.78, 5) is 6.83. The van der Waals surface area contributed by atoms with Crippen LogP contribution in [0.15, 0.2) is 29.3 Å². The van der Waals surface area contributed by atoms with E-state index in [9.17, 15) is 0 Å². The van der Waals surface area contributed by atoms with Crippen molar-refractivity contribution in [3.05, 3.63) is 35.4 Å². The number of halogens is 1. The minimum atomic E-state index is 0. The van der Waals surface area contributed by atoms with Crippen molar-refractivity contribution >= 4 is 29.9 Å². The standard InChI is InChI=1S/C19H32N4.HI/c1-16(2)22-19(20-3)21-14-17-8-10-18(11-9-17)15-23-12-6-4-5-7-13-23;/h8-11,16H,4-7,12-15H2,1-3H3,(H2,20,21,22);1H. The second-order valence-corrected chi connectivity index (χ2v) is 6.73. The van der Waals surface area contributed by atoms with Gasteiger partial charge in [0.25, 0.3) is 0 Å². The van der Waals surface area contributed by atoms with Gasteiger partial charge in [-0.05, 0) is 50.9 Å². The molecule has 24 heavy (non-hydrogen) atoms. The van der Waals surface area contributed by atoms with Gasteiger partial charge in [0.2, 0.25) is 0 Å². The number of aliphatic imine (C=N–C) groups is 1. The average Bonchev–Trinajstić information content (AvgIpc) is 2.81. The molecule has 0 saturated carbocycles. The minimum Gasteiger partial charge on any atom is -0.354 e. The highest BCUT2D eigenvalue weighted by atomic mass is 127. The molecule has 4 nitrogen and oxygen atoms in total. The fourth-order valence-corrected chi connectivity index (χ4v) is 2.97. The molecule has 0 bridgehead atoms. The highest BCUT2D eigenvalue weighted by Crippen LogP contribution is 2.13. The quantitative estimate of drug-likeness (QED) is 0.413. The van der Waals surface area contributed by atoms with Gasteiger partial charge in [0.1, 0.15) is 0 Å². The Balaban J connectivity index is 0.00000288. The number of benzene rings is 1. The van der Waals surface area contributed by atoms with Crippen molar-refractivity contribution < 1.29 is 0 Å². The summed E-state index contributed by atoms with van der Waals surface area (Å²) in [5.41, 5.74) is 2.71. The molecule has 1 aliphatic rings. The molecule has 0 unspecified atom stereocenters. The molecule has 0 radical (unpaired) electrons. The molecule has 1 heterocycles. The molecule has 0 atom stereocenters. The molecule has 1 aromatic rings. The van der Waals surface area contributed by atoms with Gasteiger partial charge in [0.15, 0.2) is 5.96 Å². The summed E-state index contributed by atoms with van der Waals surface area (Å²) >= 11 is 0. The minimum absolute atomic E-state index is 0. The van der Waals surface area contributed by atoms with Crippen LogP contribution in [0.3, 0.4) is 0 Å². The summed E-state index contributed by atoms with van der Waals surface area (Å²) in [6.07, 6.45) is 5.49. The van der Waals surface area contributed by atoms with Gasteiger partial charge < -0.3 is 10.6 Å². The largest absolute Gasteiger partial charge is 0.354 e. The third-order valence-electron chi connectivity index (χ3n) is 4.24. The van der Waals surface area contributed by atoms with E-state index in [4.69, 9.17) is 0 Å². The summed E-state index contributed by atoms with van der Waals surface area (Å²) in [6, 6.07) is 9.37. The molecule has 1 fully saturated rings. The molecule has 0 aliphatic carbocycles. The molecule has 2 N–H and O–H groups in total. The first-order valence-electron chi connectivity index (χ1n) is 8.94. The Morgan fingerprint density at radius 2 is 1.62 bits per heavy atom. The Hall–Kier alpha value is -0.820. The van der Waals surface area contributed by atoms with Crippen molar-refractivity contribution in [1.82, 2.24) is 15.5 Å². The van der Waals surface area contributed by atoms with Crippen LogP contribution in [0.4, 0.5) is 0 Å². The van der Waals surface area contributed by atoms with Gasteiger partial charge in [-0.15, -0.1) is 24.0 Å². The monoisotopic (exact) mass is 444 g/mol. The Bertz CT molecular complexity index is 477. The second kappa shape index (κ2) is 11.7. The molecular formula is C19H33IN4. The number of nitrogens with one attached hydrogen (secondary N) is 2. The fourth-order valence-electron chi connectivity index (χ4n) is 2.97. The zero-order valence-electron chi connectivity index (χ0n) is 15.3. The molecule has 5 heteroatoms. The lowest BCUT2D eigenvalue weighted by atomic mass is 10.1. The number of hydrogen-bond donors (Lipinski definition) is 2. The van der Waals surface area contributed by atoms with E-state index in [1.807, 2.05) is 7.05 Å². The predicted molar refractivity (Wildman–Crippen MR) is 114 cm³/mol. The lowest BCUT2D eigenvalue weighted by Gasteiger charge is -2.20. The lowest BCUT2D eigenvalue weighted by molar-refractivity contribution is 0.277. The molecule has 1 aliphatic heterocycles. The van der Waals surface area contributed by atoms with Crippen LogP contribution in [0.5, 0.6) is 0 Å². The van der Waals surface area contributed by atoms with Gasteiger partial charge in [-0.1, -0.05) is 37.1 Å². The van der Waals surface area contributed by atoms with Crippen molar-refractivity contribution in [3.8, 4) is 0 Å². The van der Waals surface area contributed by atoms with E-state index in [1.165, 1.54) is 49.9 Å². The van der Waals surface area contributed by atoms with Gasteiger partial charge in [-0.3, -0.25) is 9.89 Å². The van der Waals surface area contributed by atoms with Gasteiger partial charge in [-0.25, -0.2) is 0 Å². The maximum atomic E-state index is 4.23. The second-order valence-electron chi connectivity index (χ2n) is 6.73. The molecule has 0 amide bonds. The summed E-state index contributed by atoms with van der Waals surface area (Å²) in [6.45, 7) is 8.62. The van der Waals surface area contributed by atoms with E-state index >= 15 is 0 Å². The summed E-state index contributed by atoms with van der Waals surface area (Å²) in [5, 5.41) is 6.66. The third kappa shape index (κ3) is 7.83. The van der Waals surface area contributed by atoms with E-state index in [0.29, 0.717) is 6.04 Å². The third-order valence-corrected chi connectivity index (χ3v) is 4.24. The van der Waals surface area contributed by atoms with E-state index < -0.39 is 0 Å². The Morgan fingerprint density at radius 1 is 1.04 bits per heavy atom. The molecule has 136 valence electrons. The van der Waals surface area contributed by atoms with Crippen molar-refractivity contribution in [1.29, 1.82) is 0 Å². The first kappa shape index (κ1) is 21.2. The zero-order valence-corrected chi connectivity index (χ0v) is 17.7. The Morgan fingerprint density at radius 3 is 2.17 bits per heavy atom. The summed E-state index contributed by atoms with van der Waals surface area (Å²) in [7, 11) is 1.81. The molecule has 0 spiro atoms. The molecular weight excluding hydrogens is 411 g/mol. The first-order valence-corrected chi connectivity index (χ1v) is 8.94. The number of likely N-dealkylation sites (tertiary alicyclic amines) is 1. The van der Waals surface area contributed by atoms with Crippen LogP contribution >= 0.6 is 24.0 Å². The highest BCUT2D eigenvalue weighted by molar-refractivity contribution is 14.0. The van der Waals surface area contributed by atoms with E-state index in [-0.39, 0.29) is 24.0 Å². The van der Waals surface area contributed by atoms with Crippen LogP contribution in [0.25, 0.3) is 0 Å². The van der Waals surface area contributed by atoms with Crippen molar-refractivity contribution in [2.45, 2.75) is 58.7 Å². The van der Waals surface area contributed by atoms with Crippen molar-refractivity contribution in [2.24, 2.45) is 4.99 Å². The van der Waals surface area contributed by atoms with Crippen LogP contribution in [0.1, 0.15) is 50.7 Å². The van der Waals surface area contributed by atoms with Crippen LogP contribution < -0.4 is 10.6 Å². The molecule has 1 aromatic carbocycles. The first-order chi connectivity index (χ1) is 11.2. The summed E-state index contributed by atoms with van der Waals surface area (Å²) < 4.78 is 0. The van der Waals surface area contributed by atoms with Gasteiger partial charge in [0.05, 0.1) is 0 Å². The molecule has 0 aromatic heterocycles. The van der Waals surface area contributed by atoms with Gasteiger partial charge in [-0.2, -0.15) is 0 Å². The summed E-state index contributed by atoms with van der Waals surface area (Å²) in [5.74, 6) is 0.855. The SMILES string of the molecule is CN=C(NCc1ccc(CN2CCCCCC2)cc1)NC(C)C.I. The lowest BCUT2D eigenvalue weighted by Crippen LogP contribution is -2.40. The predicted octanol–water partition coefficient (Wildman–Crippen LogP) is 3.75. The molecule has 2 rings (SSSR count). The maximum absolute atomic E-state index is 4.23. The van der Waals surface area contributed by atoms with Crippen LogP contribution in [0, 0.1) is 0 Å².